The predicted octanol–water partition coefficient (Wildman–Crippen LogP) is 2.16. The number of halogens is 1. The molecule has 0 spiro atoms. The zero-order valence-corrected chi connectivity index (χ0v) is 11.9. The van der Waals surface area contributed by atoms with Crippen molar-refractivity contribution >= 4 is 17.6 Å². The monoisotopic (exact) mass is 281 g/mol. The van der Waals surface area contributed by atoms with Crippen LogP contribution in [0.3, 0.4) is 0 Å². The lowest BCUT2D eigenvalue weighted by Crippen LogP contribution is -2.49. The number of urea groups is 1. The van der Waals surface area contributed by atoms with Crippen molar-refractivity contribution in [3.8, 4) is 0 Å². The summed E-state index contributed by atoms with van der Waals surface area (Å²) in [4.78, 5) is 23.1. The van der Waals surface area contributed by atoms with Crippen molar-refractivity contribution in [1.29, 1.82) is 0 Å². The summed E-state index contributed by atoms with van der Waals surface area (Å²) in [6.45, 7) is 5.37. The maximum atomic E-state index is 13.4. The van der Waals surface area contributed by atoms with Gasteiger partial charge in [0.15, 0.2) is 0 Å². The van der Waals surface area contributed by atoms with Crippen LogP contribution in [0.5, 0.6) is 0 Å². The highest BCUT2D eigenvalue weighted by molar-refractivity contribution is 5.97. The highest BCUT2D eigenvalue weighted by Gasteiger charge is 2.25. The minimum Gasteiger partial charge on any atom is -0.352 e. The van der Waals surface area contributed by atoms with Crippen molar-refractivity contribution in [1.82, 2.24) is 5.32 Å². The molecule has 3 amide bonds. The first-order chi connectivity index (χ1) is 9.35. The lowest BCUT2D eigenvalue weighted by Gasteiger charge is -2.22. The number of nitrogens with one attached hydrogen (secondary N) is 2. The van der Waals surface area contributed by atoms with Gasteiger partial charge in [0.05, 0.1) is 0 Å². The van der Waals surface area contributed by atoms with Crippen LogP contribution in [0.1, 0.15) is 25.8 Å². The molecule has 6 heteroatoms. The fourth-order valence-corrected chi connectivity index (χ4v) is 1.75. The van der Waals surface area contributed by atoms with E-state index in [0.717, 1.165) is 0 Å². The summed E-state index contributed by atoms with van der Waals surface area (Å²) >= 11 is 0. The van der Waals surface area contributed by atoms with Crippen LogP contribution in [0, 0.1) is 18.7 Å². The Balaban J connectivity index is 2.84. The first kappa shape index (κ1) is 15.9. The zero-order valence-electron chi connectivity index (χ0n) is 11.9. The van der Waals surface area contributed by atoms with Gasteiger partial charge in [0, 0.05) is 5.69 Å². The lowest BCUT2D eigenvalue weighted by atomic mass is 9.98. The molecule has 1 rings (SSSR count). The number of hydrogen-bond donors (Lipinski definition) is 3. The van der Waals surface area contributed by atoms with E-state index in [1.807, 2.05) is 13.8 Å². The molecule has 0 unspecified atom stereocenters. The molecule has 5 nitrogen and oxygen atoms in total. The van der Waals surface area contributed by atoms with Gasteiger partial charge in [-0.25, -0.2) is 9.18 Å². The Hall–Kier alpha value is -2.11. The second-order valence-corrected chi connectivity index (χ2v) is 4.83. The highest BCUT2D eigenvalue weighted by atomic mass is 19.1. The molecule has 0 bridgehead atoms. The number of carbonyl (C=O) groups excluding carboxylic acids is 2. The number of primary amides is 1. The van der Waals surface area contributed by atoms with Crippen LogP contribution in [-0.4, -0.2) is 18.0 Å². The molecule has 0 saturated carbocycles. The van der Waals surface area contributed by atoms with Gasteiger partial charge in [-0.1, -0.05) is 26.3 Å². The number of nitrogens with two attached hydrogens (primary N) is 1. The SMILES string of the molecule is CC[C@H](C)[C@H](NC(N)=O)C(=O)Nc1ccc(C)c(F)c1. The van der Waals surface area contributed by atoms with Gasteiger partial charge in [-0.15, -0.1) is 0 Å². The van der Waals surface area contributed by atoms with Gasteiger partial charge in [-0.05, 0) is 30.5 Å². The van der Waals surface area contributed by atoms with E-state index in [-0.39, 0.29) is 5.92 Å². The van der Waals surface area contributed by atoms with E-state index < -0.39 is 23.8 Å². The zero-order chi connectivity index (χ0) is 15.3. The molecule has 110 valence electrons. The van der Waals surface area contributed by atoms with Gasteiger partial charge < -0.3 is 16.4 Å². The molecule has 20 heavy (non-hydrogen) atoms. The molecule has 0 heterocycles. The van der Waals surface area contributed by atoms with Crippen LogP contribution in [-0.2, 0) is 4.79 Å². The number of rotatable bonds is 5. The number of hydrogen-bond acceptors (Lipinski definition) is 2. The van der Waals surface area contributed by atoms with Crippen molar-refractivity contribution < 1.29 is 14.0 Å². The summed E-state index contributed by atoms with van der Waals surface area (Å²) in [6.07, 6.45) is 0.695. The largest absolute Gasteiger partial charge is 0.352 e. The third kappa shape index (κ3) is 4.22. The number of benzene rings is 1. The second kappa shape index (κ2) is 6.88. The summed E-state index contributed by atoms with van der Waals surface area (Å²) in [5.74, 6) is -0.898. The van der Waals surface area contributed by atoms with E-state index in [2.05, 4.69) is 10.6 Å². The minimum atomic E-state index is -0.763. The van der Waals surface area contributed by atoms with Crippen molar-refractivity contribution in [2.24, 2.45) is 11.7 Å². The average Bonchev–Trinajstić information content (AvgIpc) is 2.39. The molecule has 0 aliphatic heterocycles. The van der Waals surface area contributed by atoms with Crippen molar-refractivity contribution in [3.63, 3.8) is 0 Å². The van der Waals surface area contributed by atoms with Crippen LogP contribution < -0.4 is 16.4 Å². The summed E-state index contributed by atoms with van der Waals surface area (Å²) < 4.78 is 13.4. The molecule has 1 aromatic carbocycles. The number of amides is 3. The van der Waals surface area contributed by atoms with Gasteiger partial charge in [-0.3, -0.25) is 4.79 Å². The maximum Gasteiger partial charge on any atom is 0.312 e. The lowest BCUT2D eigenvalue weighted by molar-refractivity contribution is -0.119. The van der Waals surface area contributed by atoms with Gasteiger partial charge in [0.2, 0.25) is 5.91 Å². The van der Waals surface area contributed by atoms with Gasteiger partial charge in [0.1, 0.15) is 11.9 Å². The summed E-state index contributed by atoms with van der Waals surface area (Å²) in [5, 5.41) is 4.99. The van der Waals surface area contributed by atoms with Crippen molar-refractivity contribution in [2.75, 3.05) is 5.32 Å². The molecule has 1 aromatic rings. The average molecular weight is 281 g/mol. The van der Waals surface area contributed by atoms with E-state index in [4.69, 9.17) is 5.73 Å². The predicted molar refractivity (Wildman–Crippen MR) is 75.7 cm³/mol. The smallest absolute Gasteiger partial charge is 0.312 e. The summed E-state index contributed by atoms with van der Waals surface area (Å²) in [5.41, 5.74) is 5.91. The molecule has 0 saturated heterocycles. The van der Waals surface area contributed by atoms with Gasteiger partial charge in [0.25, 0.3) is 0 Å². The molecule has 0 aromatic heterocycles. The van der Waals surface area contributed by atoms with Crippen LogP contribution in [0.15, 0.2) is 18.2 Å². The Morgan fingerprint density at radius 3 is 2.55 bits per heavy atom. The molecular weight excluding hydrogens is 261 g/mol. The topological polar surface area (TPSA) is 84.2 Å². The van der Waals surface area contributed by atoms with Crippen LogP contribution >= 0.6 is 0 Å². The molecule has 0 aliphatic carbocycles. The highest BCUT2D eigenvalue weighted by Crippen LogP contribution is 2.15. The van der Waals surface area contributed by atoms with Crippen molar-refractivity contribution in [3.05, 3.63) is 29.6 Å². The van der Waals surface area contributed by atoms with E-state index >= 15 is 0 Å². The van der Waals surface area contributed by atoms with E-state index in [1.165, 1.54) is 6.07 Å². The Morgan fingerprint density at radius 2 is 2.05 bits per heavy atom. The summed E-state index contributed by atoms with van der Waals surface area (Å²) in [7, 11) is 0. The molecule has 2 atom stereocenters. The second-order valence-electron chi connectivity index (χ2n) is 4.83. The fourth-order valence-electron chi connectivity index (χ4n) is 1.75. The first-order valence-corrected chi connectivity index (χ1v) is 6.48. The Kier molecular flexibility index (Phi) is 5.49. The van der Waals surface area contributed by atoms with E-state index in [0.29, 0.717) is 17.7 Å². The summed E-state index contributed by atoms with van der Waals surface area (Å²) in [6, 6.07) is 2.91. The number of anilines is 1. The molecule has 0 fully saturated rings. The maximum absolute atomic E-state index is 13.4. The van der Waals surface area contributed by atoms with Crippen LogP contribution in [0.2, 0.25) is 0 Å². The minimum absolute atomic E-state index is 0.0854. The third-order valence-electron chi connectivity index (χ3n) is 3.23. The molecular formula is C14H20FN3O2. The molecule has 4 N–H and O–H groups in total. The Bertz CT molecular complexity index is 505. The quantitative estimate of drug-likeness (QED) is 0.772. The molecule has 0 radical (unpaired) electrons. The fraction of sp³-hybridized carbons (Fsp3) is 0.429. The molecule has 0 aliphatic rings. The standard InChI is InChI=1S/C14H20FN3O2/c1-4-8(2)12(18-14(16)20)13(19)17-10-6-5-9(3)11(15)7-10/h5-8,12H,4H2,1-3H3,(H,17,19)(H3,16,18,20)/t8-,12-/m0/s1. The van der Waals surface area contributed by atoms with Crippen LogP contribution in [0.25, 0.3) is 0 Å². The Morgan fingerprint density at radius 1 is 1.40 bits per heavy atom. The number of carbonyl (C=O) groups is 2. The Labute approximate surface area is 117 Å². The normalized spacial score (nSPS) is 13.4. The van der Waals surface area contributed by atoms with Gasteiger partial charge in [-0.2, -0.15) is 0 Å². The van der Waals surface area contributed by atoms with Crippen LogP contribution in [0.4, 0.5) is 14.9 Å². The first-order valence-electron chi connectivity index (χ1n) is 6.48. The number of aryl methyl sites for hydroxylation is 1. The van der Waals surface area contributed by atoms with E-state index in [1.54, 1.807) is 19.1 Å². The van der Waals surface area contributed by atoms with E-state index in [9.17, 15) is 14.0 Å². The van der Waals surface area contributed by atoms with Crippen molar-refractivity contribution in [2.45, 2.75) is 33.2 Å². The van der Waals surface area contributed by atoms with Gasteiger partial charge >= 0.3 is 6.03 Å². The third-order valence-corrected chi connectivity index (χ3v) is 3.23.